The average molecular weight is 393 g/mol. The van der Waals surface area contributed by atoms with Gasteiger partial charge in [-0.25, -0.2) is 10.4 Å². The lowest BCUT2D eigenvalue weighted by atomic mass is 10.1. The van der Waals surface area contributed by atoms with Crippen molar-refractivity contribution in [2.75, 3.05) is 6.61 Å². The number of carbonyl (C=O) groups is 1. The fourth-order valence-corrected chi connectivity index (χ4v) is 2.61. The molecule has 0 aliphatic carbocycles. The molecule has 0 atom stereocenters. The Hall–Kier alpha value is -4.01. The Bertz CT molecular complexity index is 1070. The van der Waals surface area contributed by atoms with E-state index in [4.69, 9.17) is 4.74 Å². The zero-order chi connectivity index (χ0) is 20.8. The molecule has 1 heterocycles. The minimum absolute atomic E-state index is 0.0847. The molecule has 0 saturated heterocycles. The number of rotatable bonds is 7. The number of imidazole rings is 1. The second kappa shape index (κ2) is 8.79. The SMILES string of the molecule is Cc1cccc(OCC(=O)N/N=C(/c2cccc([N+](=O)[O-])c2)c2nccn2C)c1. The van der Waals surface area contributed by atoms with Gasteiger partial charge in [0.05, 0.1) is 4.92 Å². The lowest BCUT2D eigenvalue weighted by molar-refractivity contribution is -0.384. The van der Waals surface area contributed by atoms with Crippen LogP contribution in [0.1, 0.15) is 17.0 Å². The molecular weight excluding hydrogens is 374 g/mol. The Labute approximate surface area is 166 Å². The first-order valence-electron chi connectivity index (χ1n) is 8.72. The molecule has 0 spiro atoms. The number of nitro groups is 1. The molecule has 0 aliphatic rings. The molecule has 0 bridgehead atoms. The predicted octanol–water partition coefficient (Wildman–Crippen LogP) is 2.58. The van der Waals surface area contributed by atoms with Gasteiger partial charge >= 0.3 is 0 Å². The maximum absolute atomic E-state index is 12.2. The van der Waals surface area contributed by atoms with Crippen molar-refractivity contribution in [1.29, 1.82) is 0 Å². The number of benzene rings is 2. The molecule has 3 aromatic rings. The number of aryl methyl sites for hydroxylation is 2. The molecule has 3 rings (SSSR count). The molecule has 0 fully saturated rings. The van der Waals surface area contributed by atoms with Crippen molar-refractivity contribution >= 4 is 17.3 Å². The lowest BCUT2D eigenvalue weighted by Crippen LogP contribution is -2.27. The second-order valence-electron chi connectivity index (χ2n) is 6.27. The predicted molar refractivity (Wildman–Crippen MR) is 107 cm³/mol. The Morgan fingerprint density at radius 1 is 1.28 bits per heavy atom. The van der Waals surface area contributed by atoms with E-state index in [0.717, 1.165) is 5.56 Å². The van der Waals surface area contributed by atoms with Gasteiger partial charge < -0.3 is 9.30 Å². The van der Waals surface area contributed by atoms with E-state index in [1.165, 1.54) is 12.1 Å². The first-order valence-corrected chi connectivity index (χ1v) is 8.72. The number of non-ortho nitro benzene ring substituents is 1. The van der Waals surface area contributed by atoms with Crippen molar-refractivity contribution in [2.24, 2.45) is 12.1 Å². The van der Waals surface area contributed by atoms with E-state index in [-0.39, 0.29) is 12.3 Å². The molecule has 9 heteroatoms. The number of ether oxygens (including phenoxy) is 1. The van der Waals surface area contributed by atoms with Crippen LogP contribution in [0.15, 0.2) is 66.0 Å². The Morgan fingerprint density at radius 2 is 2.07 bits per heavy atom. The first kappa shape index (κ1) is 19.7. The largest absolute Gasteiger partial charge is 0.484 e. The molecule has 1 N–H and O–H groups in total. The van der Waals surface area contributed by atoms with E-state index in [1.54, 1.807) is 42.2 Å². The normalized spacial score (nSPS) is 11.2. The van der Waals surface area contributed by atoms with Gasteiger partial charge in [0, 0.05) is 37.1 Å². The van der Waals surface area contributed by atoms with Crippen molar-refractivity contribution in [1.82, 2.24) is 15.0 Å². The van der Waals surface area contributed by atoms with Crippen LogP contribution in [0, 0.1) is 17.0 Å². The van der Waals surface area contributed by atoms with Gasteiger partial charge in [-0.05, 0) is 24.6 Å². The monoisotopic (exact) mass is 393 g/mol. The lowest BCUT2D eigenvalue weighted by Gasteiger charge is -2.09. The smallest absolute Gasteiger partial charge is 0.277 e. The summed E-state index contributed by atoms with van der Waals surface area (Å²) in [6, 6.07) is 13.3. The number of hydrogen-bond donors (Lipinski definition) is 1. The number of nitrogens with one attached hydrogen (secondary N) is 1. The molecule has 0 radical (unpaired) electrons. The van der Waals surface area contributed by atoms with Crippen LogP contribution in [0.3, 0.4) is 0 Å². The molecule has 9 nitrogen and oxygen atoms in total. The molecule has 0 unspecified atom stereocenters. The van der Waals surface area contributed by atoms with Crippen molar-refractivity contribution in [3.05, 3.63) is 88.0 Å². The number of nitro benzene ring substituents is 1. The van der Waals surface area contributed by atoms with E-state index in [9.17, 15) is 14.9 Å². The highest BCUT2D eigenvalue weighted by molar-refractivity contribution is 6.11. The quantitative estimate of drug-likeness (QED) is 0.377. The topological polar surface area (TPSA) is 112 Å². The fourth-order valence-electron chi connectivity index (χ4n) is 2.61. The molecule has 1 amide bonds. The standard InChI is InChI=1S/C20H19N5O4/c1-14-5-3-8-17(11-14)29-13-18(26)22-23-19(20-21-9-10-24(20)2)15-6-4-7-16(12-15)25(27)28/h3-12H,13H2,1-2H3,(H,22,26)/b23-19-. The zero-order valence-corrected chi connectivity index (χ0v) is 15.9. The Kier molecular flexibility index (Phi) is 5.98. The van der Waals surface area contributed by atoms with Crippen LogP contribution in [0.2, 0.25) is 0 Å². The van der Waals surface area contributed by atoms with Gasteiger partial charge in [0.15, 0.2) is 12.4 Å². The minimum Gasteiger partial charge on any atom is -0.484 e. The van der Waals surface area contributed by atoms with Gasteiger partial charge in [-0.2, -0.15) is 5.10 Å². The fraction of sp³-hybridized carbons (Fsp3) is 0.150. The summed E-state index contributed by atoms with van der Waals surface area (Å²) in [5, 5.41) is 15.3. The number of hydrazone groups is 1. The molecule has 1 aromatic heterocycles. The third kappa shape index (κ3) is 5.04. The summed E-state index contributed by atoms with van der Waals surface area (Å²) in [7, 11) is 1.76. The van der Waals surface area contributed by atoms with Crippen molar-refractivity contribution in [2.45, 2.75) is 6.92 Å². The zero-order valence-electron chi connectivity index (χ0n) is 15.9. The van der Waals surface area contributed by atoms with Gasteiger partial charge in [0.2, 0.25) is 0 Å². The van der Waals surface area contributed by atoms with Crippen LogP contribution in [0.5, 0.6) is 5.75 Å². The Morgan fingerprint density at radius 3 is 2.76 bits per heavy atom. The highest BCUT2D eigenvalue weighted by Crippen LogP contribution is 2.16. The summed E-state index contributed by atoms with van der Waals surface area (Å²) in [6.07, 6.45) is 3.29. The second-order valence-corrected chi connectivity index (χ2v) is 6.27. The average Bonchev–Trinajstić information content (AvgIpc) is 3.12. The summed E-state index contributed by atoms with van der Waals surface area (Å²) in [5.74, 6) is 0.557. The van der Waals surface area contributed by atoms with Crippen LogP contribution in [0.4, 0.5) is 5.69 Å². The van der Waals surface area contributed by atoms with Gasteiger partial charge in [-0.3, -0.25) is 14.9 Å². The summed E-state index contributed by atoms with van der Waals surface area (Å²) in [6.45, 7) is 1.70. The van der Waals surface area contributed by atoms with Crippen LogP contribution in [-0.4, -0.2) is 32.7 Å². The number of hydrogen-bond acceptors (Lipinski definition) is 6. The third-order valence-electron chi connectivity index (χ3n) is 4.02. The van der Waals surface area contributed by atoms with Crippen molar-refractivity contribution in [3.63, 3.8) is 0 Å². The maximum Gasteiger partial charge on any atom is 0.277 e. The first-order chi connectivity index (χ1) is 13.9. The number of carbonyl (C=O) groups excluding carboxylic acids is 1. The van der Waals surface area contributed by atoms with Gasteiger partial charge in [-0.1, -0.05) is 24.3 Å². The van der Waals surface area contributed by atoms with Gasteiger partial charge in [-0.15, -0.1) is 0 Å². The summed E-state index contributed by atoms with van der Waals surface area (Å²) >= 11 is 0. The van der Waals surface area contributed by atoms with Crippen LogP contribution < -0.4 is 10.2 Å². The summed E-state index contributed by atoms with van der Waals surface area (Å²) in [5.41, 5.74) is 4.11. The van der Waals surface area contributed by atoms with Crippen LogP contribution >= 0.6 is 0 Å². The van der Waals surface area contributed by atoms with Crippen molar-refractivity contribution < 1.29 is 14.5 Å². The molecule has 29 heavy (non-hydrogen) atoms. The summed E-state index contributed by atoms with van der Waals surface area (Å²) in [4.78, 5) is 27.0. The number of amides is 1. The highest BCUT2D eigenvalue weighted by Gasteiger charge is 2.16. The van der Waals surface area contributed by atoms with E-state index in [1.807, 2.05) is 25.1 Å². The van der Waals surface area contributed by atoms with Crippen molar-refractivity contribution in [3.8, 4) is 5.75 Å². The van der Waals surface area contributed by atoms with Crippen LogP contribution in [0.25, 0.3) is 0 Å². The Balaban J connectivity index is 1.80. The van der Waals surface area contributed by atoms with E-state index in [0.29, 0.717) is 22.8 Å². The number of aromatic nitrogens is 2. The third-order valence-corrected chi connectivity index (χ3v) is 4.02. The highest BCUT2D eigenvalue weighted by atomic mass is 16.6. The maximum atomic E-state index is 12.2. The van der Waals surface area contributed by atoms with Gasteiger partial charge in [0.25, 0.3) is 11.6 Å². The van der Waals surface area contributed by atoms with Gasteiger partial charge in [0.1, 0.15) is 11.5 Å². The molecular formula is C20H19N5O4. The van der Waals surface area contributed by atoms with E-state index < -0.39 is 10.8 Å². The number of nitrogens with zero attached hydrogens (tertiary/aromatic N) is 4. The summed E-state index contributed by atoms with van der Waals surface area (Å²) < 4.78 is 7.16. The van der Waals surface area contributed by atoms with E-state index >= 15 is 0 Å². The van der Waals surface area contributed by atoms with E-state index in [2.05, 4.69) is 15.5 Å². The van der Waals surface area contributed by atoms with Crippen LogP contribution in [-0.2, 0) is 11.8 Å². The molecule has 2 aromatic carbocycles. The molecule has 148 valence electrons. The molecule has 0 saturated carbocycles. The minimum atomic E-state index is -0.492. The molecule has 0 aliphatic heterocycles.